The molecule has 40 heavy (non-hydrogen) atoms. The van der Waals surface area contributed by atoms with E-state index in [2.05, 4.69) is 38.2 Å². The quantitative estimate of drug-likeness (QED) is 0.248. The van der Waals surface area contributed by atoms with E-state index in [-0.39, 0.29) is 17.7 Å². The van der Waals surface area contributed by atoms with Crippen LogP contribution in [0.15, 0.2) is 59.3 Å². The van der Waals surface area contributed by atoms with Gasteiger partial charge in [-0.3, -0.25) is 4.79 Å². The Hall–Kier alpha value is -2.75. The van der Waals surface area contributed by atoms with Gasteiger partial charge in [-0.05, 0) is 90.9 Å². The van der Waals surface area contributed by atoms with E-state index in [1.54, 1.807) is 29.5 Å². The molecule has 0 bridgehead atoms. The minimum absolute atomic E-state index is 0.146. The van der Waals surface area contributed by atoms with E-state index >= 15 is 0 Å². The number of piperidine rings is 1. The Morgan fingerprint density at radius 1 is 1.18 bits per heavy atom. The molecule has 0 spiro atoms. The first-order valence-electron chi connectivity index (χ1n) is 13.6. The van der Waals surface area contributed by atoms with Crippen LogP contribution in [0.4, 0.5) is 18.9 Å². The standard InChI is InChI=1S/C30H35ClF3N3O2S/c1-3-23(11-15-35-29(38)28-21(2)5-4-6-27(28)31)36-16-12-25(13-17-36)37(19-22-14-18-40-20-22)24-7-9-26(10-8-24)39-30(32,33)34/h4-10,14,18,20,23,25H,3,11-13,15-17,19H2,1-2H3,(H,35,38). The van der Waals surface area contributed by atoms with Crippen LogP contribution >= 0.6 is 22.9 Å². The lowest BCUT2D eigenvalue weighted by Crippen LogP contribution is -2.48. The summed E-state index contributed by atoms with van der Waals surface area (Å²) in [5, 5.41) is 7.64. The third-order valence-corrected chi connectivity index (χ3v) is 8.52. The van der Waals surface area contributed by atoms with Crippen molar-refractivity contribution in [3.63, 3.8) is 0 Å². The zero-order chi connectivity index (χ0) is 28.7. The SMILES string of the molecule is CCC(CCNC(=O)c1c(C)cccc1Cl)N1CCC(N(Cc2ccsc2)c2ccc(OC(F)(F)F)cc2)CC1. The number of rotatable bonds is 11. The van der Waals surface area contributed by atoms with E-state index in [1.165, 1.54) is 17.7 Å². The number of nitrogens with one attached hydrogen (secondary N) is 1. The molecule has 1 aliphatic rings. The fraction of sp³-hybridized carbons (Fsp3) is 0.433. The van der Waals surface area contributed by atoms with Crippen molar-refractivity contribution in [1.29, 1.82) is 0 Å². The van der Waals surface area contributed by atoms with Gasteiger partial charge in [0.1, 0.15) is 5.75 Å². The predicted octanol–water partition coefficient (Wildman–Crippen LogP) is 7.68. The summed E-state index contributed by atoms with van der Waals surface area (Å²) in [5.41, 5.74) is 3.44. The Balaban J connectivity index is 1.35. The number of alkyl halides is 3. The first-order valence-corrected chi connectivity index (χ1v) is 14.9. The summed E-state index contributed by atoms with van der Waals surface area (Å²) >= 11 is 7.88. The number of benzene rings is 2. The molecule has 5 nitrogen and oxygen atoms in total. The van der Waals surface area contributed by atoms with Gasteiger partial charge in [-0.15, -0.1) is 13.2 Å². The van der Waals surface area contributed by atoms with Crippen molar-refractivity contribution in [3.8, 4) is 5.75 Å². The monoisotopic (exact) mass is 593 g/mol. The van der Waals surface area contributed by atoms with Crippen molar-refractivity contribution in [1.82, 2.24) is 10.2 Å². The van der Waals surface area contributed by atoms with Crippen LogP contribution in [0.25, 0.3) is 0 Å². The molecule has 1 fully saturated rings. The highest BCUT2D eigenvalue weighted by molar-refractivity contribution is 7.07. The summed E-state index contributed by atoms with van der Waals surface area (Å²) in [6, 6.07) is 14.3. The number of anilines is 1. The summed E-state index contributed by atoms with van der Waals surface area (Å²) < 4.78 is 42.0. The second-order valence-electron chi connectivity index (χ2n) is 10.1. The van der Waals surface area contributed by atoms with Gasteiger partial charge in [0.2, 0.25) is 0 Å². The molecule has 1 aliphatic heterocycles. The van der Waals surface area contributed by atoms with Gasteiger partial charge in [0.05, 0.1) is 10.6 Å². The molecule has 10 heteroatoms. The zero-order valence-electron chi connectivity index (χ0n) is 22.7. The number of ether oxygens (including phenoxy) is 1. The molecule has 3 aromatic rings. The lowest BCUT2D eigenvalue weighted by Gasteiger charge is -2.42. The highest BCUT2D eigenvalue weighted by atomic mass is 35.5. The molecule has 2 heterocycles. The fourth-order valence-electron chi connectivity index (χ4n) is 5.42. The van der Waals surface area contributed by atoms with Gasteiger partial charge in [0.25, 0.3) is 5.91 Å². The van der Waals surface area contributed by atoms with E-state index in [0.717, 1.165) is 50.0 Å². The molecule has 1 amide bonds. The average Bonchev–Trinajstić information content (AvgIpc) is 3.43. The van der Waals surface area contributed by atoms with Gasteiger partial charge in [0.15, 0.2) is 0 Å². The molecule has 2 aromatic carbocycles. The largest absolute Gasteiger partial charge is 0.573 e. The van der Waals surface area contributed by atoms with Gasteiger partial charge >= 0.3 is 6.36 Å². The summed E-state index contributed by atoms with van der Waals surface area (Å²) in [6.45, 7) is 7.14. The summed E-state index contributed by atoms with van der Waals surface area (Å²) in [4.78, 5) is 17.5. The van der Waals surface area contributed by atoms with Crippen molar-refractivity contribution in [2.45, 2.75) is 64.5 Å². The van der Waals surface area contributed by atoms with Crippen molar-refractivity contribution < 1.29 is 22.7 Å². The van der Waals surface area contributed by atoms with Crippen molar-refractivity contribution in [2.24, 2.45) is 0 Å². The molecular formula is C30H35ClF3N3O2S. The van der Waals surface area contributed by atoms with Crippen LogP contribution in [0.5, 0.6) is 5.75 Å². The Morgan fingerprint density at radius 2 is 1.90 bits per heavy atom. The molecule has 0 saturated carbocycles. The molecule has 1 aromatic heterocycles. The Bertz CT molecular complexity index is 1210. The first-order chi connectivity index (χ1) is 19.1. The number of hydrogen-bond donors (Lipinski definition) is 1. The van der Waals surface area contributed by atoms with Crippen LogP contribution in [0.3, 0.4) is 0 Å². The Morgan fingerprint density at radius 3 is 2.50 bits per heavy atom. The molecule has 1 atom stereocenters. The van der Waals surface area contributed by atoms with Crippen molar-refractivity contribution in [2.75, 3.05) is 24.5 Å². The van der Waals surface area contributed by atoms with Crippen molar-refractivity contribution in [3.05, 3.63) is 81.0 Å². The Kier molecular flexibility index (Phi) is 10.4. The number of thiophene rings is 1. The van der Waals surface area contributed by atoms with Crippen LogP contribution in [0.2, 0.25) is 5.02 Å². The molecular weight excluding hydrogens is 559 g/mol. The second-order valence-corrected chi connectivity index (χ2v) is 11.3. The number of carbonyl (C=O) groups excluding carboxylic acids is 1. The first kappa shape index (κ1) is 30.2. The number of aryl methyl sites for hydroxylation is 1. The number of hydrogen-bond acceptors (Lipinski definition) is 5. The second kappa shape index (κ2) is 13.7. The number of likely N-dealkylation sites (tertiary alicyclic amines) is 1. The third kappa shape index (κ3) is 8.15. The van der Waals surface area contributed by atoms with Crippen molar-refractivity contribution >= 4 is 34.5 Å². The number of amides is 1. The normalized spacial score (nSPS) is 15.6. The van der Waals surface area contributed by atoms with Crippen LogP contribution in [0.1, 0.15) is 54.1 Å². The lowest BCUT2D eigenvalue weighted by atomic mass is 9.98. The number of nitrogens with zero attached hydrogens (tertiary/aromatic N) is 2. The molecule has 0 radical (unpaired) electrons. The maximum atomic E-state index is 12.7. The maximum Gasteiger partial charge on any atom is 0.573 e. The topological polar surface area (TPSA) is 44.8 Å². The van der Waals surface area contributed by atoms with Gasteiger partial charge in [-0.1, -0.05) is 30.7 Å². The minimum Gasteiger partial charge on any atom is -0.406 e. The summed E-state index contributed by atoms with van der Waals surface area (Å²) in [6.07, 6.45) is -1.02. The average molecular weight is 594 g/mol. The molecule has 216 valence electrons. The molecule has 1 saturated heterocycles. The van der Waals surface area contributed by atoms with Gasteiger partial charge in [-0.25, -0.2) is 0 Å². The molecule has 4 rings (SSSR count). The van der Waals surface area contributed by atoms with E-state index in [9.17, 15) is 18.0 Å². The number of halogens is 4. The molecule has 1 N–H and O–H groups in total. The Labute approximate surface area is 242 Å². The number of carbonyl (C=O) groups is 1. The zero-order valence-corrected chi connectivity index (χ0v) is 24.3. The summed E-state index contributed by atoms with van der Waals surface area (Å²) in [5.74, 6) is -0.364. The van der Waals surface area contributed by atoms with Gasteiger partial charge in [0, 0.05) is 44.0 Å². The van der Waals surface area contributed by atoms with Crippen LogP contribution in [0, 0.1) is 6.92 Å². The van der Waals surface area contributed by atoms with Gasteiger partial charge in [-0.2, -0.15) is 11.3 Å². The smallest absolute Gasteiger partial charge is 0.406 e. The van der Waals surface area contributed by atoms with Crippen LogP contribution in [-0.2, 0) is 6.54 Å². The molecule has 1 unspecified atom stereocenters. The van der Waals surface area contributed by atoms with Crippen LogP contribution < -0.4 is 15.0 Å². The van der Waals surface area contributed by atoms with E-state index in [1.807, 2.05) is 24.4 Å². The van der Waals surface area contributed by atoms with E-state index in [4.69, 9.17) is 11.6 Å². The van der Waals surface area contributed by atoms with Gasteiger partial charge < -0.3 is 19.9 Å². The van der Waals surface area contributed by atoms with E-state index < -0.39 is 6.36 Å². The minimum atomic E-state index is -4.71. The van der Waals surface area contributed by atoms with E-state index in [0.29, 0.717) is 29.7 Å². The fourth-order valence-corrected chi connectivity index (χ4v) is 6.38. The lowest BCUT2D eigenvalue weighted by molar-refractivity contribution is -0.274. The predicted molar refractivity (Wildman–Crippen MR) is 155 cm³/mol. The third-order valence-electron chi connectivity index (χ3n) is 7.47. The molecule has 0 aliphatic carbocycles. The highest BCUT2D eigenvalue weighted by Crippen LogP contribution is 2.31. The maximum absolute atomic E-state index is 12.7. The van der Waals surface area contributed by atoms with Crippen LogP contribution in [-0.4, -0.2) is 48.9 Å². The highest BCUT2D eigenvalue weighted by Gasteiger charge is 2.32. The summed E-state index contributed by atoms with van der Waals surface area (Å²) in [7, 11) is 0.